The highest BCUT2D eigenvalue weighted by molar-refractivity contribution is 5.51. The number of nitrogens with two attached hydrogens (primary N) is 1. The number of aromatic nitrogens is 2. The average molecular weight is 270 g/mol. The lowest BCUT2D eigenvalue weighted by Gasteiger charge is -2.37. The molecule has 0 amide bonds. The highest BCUT2D eigenvalue weighted by atomic mass is 16.5. The van der Waals surface area contributed by atoms with Crippen LogP contribution < -0.4 is 10.6 Å². The molecule has 1 aromatic heterocycles. The van der Waals surface area contributed by atoms with Crippen LogP contribution in [0.2, 0.25) is 0 Å². The minimum atomic E-state index is -0.156. The number of nitrogen functional groups attached to an aromatic ring is 1. The number of nitrogens with zero attached hydrogens (tertiary/aromatic N) is 3. The topological polar surface area (TPSA) is 64.3 Å². The molecule has 1 aliphatic rings. The third kappa shape index (κ3) is 2.20. The lowest BCUT2D eigenvalue weighted by atomic mass is 9.97. The zero-order valence-electron chi connectivity index (χ0n) is 11.7. The second-order valence-electron chi connectivity index (χ2n) is 4.95. The summed E-state index contributed by atoms with van der Waals surface area (Å²) in [5.74, 6) is 1.65. The number of rotatable bonds is 2. The number of ether oxygens (including phenoxy) is 1. The Balaban J connectivity index is 2.02. The molecule has 0 spiro atoms. The first-order valence-electron chi connectivity index (χ1n) is 6.66. The highest BCUT2D eigenvalue weighted by Crippen LogP contribution is 2.34. The molecule has 2 N–H and O–H groups in total. The van der Waals surface area contributed by atoms with Gasteiger partial charge in [0.25, 0.3) is 0 Å². The van der Waals surface area contributed by atoms with E-state index in [1.807, 2.05) is 25.1 Å². The van der Waals surface area contributed by atoms with Crippen LogP contribution in [0.5, 0.6) is 0 Å². The maximum atomic E-state index is 5.91. The SMILES string of the molecule is COC1c2cc(N)ccc2CCN1c1ccnc(C)n1. The van der Waals surface area contributed by atoms with Crippen molar-refractivity contribution in [2.75, 3.05) is 24.3 Å². The quantitative estimate of drug-likeness (QED) is 0.846. The summed E-state index contributed by atoms with van der Waals surface area (Å²) in [6.07, 6.45) is 2.58. The van der Waals surface area contributed by atoms with Gasteiger partial charge in [0.05, 0.1) is 0 Å². The summed E-state index contributed by atoms with van der Waals surface area (Å²) in [5, 5.41) is 0. The Morgan fingerprint density at radius 3 is 2.95 bits per heavy atom. The molecule has 2 aromatic rings. The first-order chi connectivity index (χ1) is 9.69. The summed E-state index contributed by atoms with van der Waals surface area (Å²) in [6.45, 7) is 2.76. The van der Waals surface area contributed by atoms with Gasteiger partial charge in [-0.05, 0) is 37.1 Å². The molecule has 20 heavy (non-hydrogen) atoms. The van der Waals surface area contributed by atoms with Crippen molar-refractivity contribution in [3.8, 4) is 0 Å². The second kappa shape index (κ2) is 5.09. The van der Waals surface area contributed by atoms with Gasteiger partial charge in [-0.2, -0.15) is 0 Å². The fourth-order valence-electron chi connectivity index (χ4n) is 2.69. The number of anilines is 2. The van der Waals surface area contributed by atoms with Crippen LogP contribution in [0.4, 0.5) is 11.5 Å². The van der Waals surface area contributed by atoms with E-state index in [1.165, 1.54) is 5.56 Å². The molecule has 1 unspecified atom stereocenters. The van der Waals surface area contributed by atoms with E-state index < -0.39 is 0 Å². The van der Waals surface area contributed by atoms with Gasteiger partial charge in [0, 0.05) is 31.1 Å². The number of aryl methyl sites for hydroxylation is 1. The predicted molar refractivity (Wildman–Crippen MR) is 78.4 cm³/mol. The van der Waals surface area contributed by atoms with Gasteiger partial charge >= 0.3 is 0 Å². The summed E-state index contributed by atoms with van der Waals surface area (Å²) in [6, 6.07) is 7.93. The first-order valence-corrected chi connectivity index (χ1v) is 6.66. The predicted octanol–water partition coefficient (Wildman–Crippen LogP) is 2.07. The van der Waals surface area contributed by atoms with Crippen LogP contribution >= 0.6 is 0 Å². The van der Waals surface area contributed by atoms with Crippen LogP contribution in [0.1, 0.15) is 23.2 Å². The fraction of sp³-hybridized carbons (Fsp3) is 0.333. The van der Waals surface area contributed by atoms with Gasteiger partial charge in [0.15, 0.2) is 6.23 Å². The molecule has 0 radical (unpaired) electrons. The molecule has 0 fully saturated rings. The minimum absolute atomic E-state index is 0.156. The number of methoxy groups -OCH3 is 1. The van der Waals surface area contributed by atoms with Crippen molar-refractivity contribution in [2.24, 2.45) is 0 Å². The Morgan fingerprint density at radius 2 is 2.20 bits per heavy atom. The van der Waals surface area contributed by atoms with Gasteiger partial charge < -0.3 is 15.4 Å². The van der Waals surface area contributed by atoms with Crippen molar-refractivity contribution in [1.29, 1.82) is 0 Å². The fourth-order valence-corrected chi connectivity index (χ4v) is 2.69. The normalized spacial score (nSPS) is 17.9. The molecule has 0 saturated carbocycles. The first kappa shape index (κ1) is 12.9. The monoisotopic (exact) mass is 270 g/mol. The molecular formula is C15H18N4O. The molecule has 1 aromatic carbocycles. The third-order valence-corrected chi connectivity index (χ3v) is 3.62. The zero-order chi connectivity index (χ0) is 14.1. The van der Waals surface area contributed by atoms with Crippen LogP contribution in [-0.2, 0) is 11.2 Å². The maximum Gasteiger partial charge on any atom is 0.157 e. The molecule has 2 heterocycles. The van der Waals surface area contributed by atoms with Crippen molar-refractivity contribution in [1.82, 2.24) is 9.97 Å². The van der Waals surface area contributed by atoms with Gasteiger partial charge in [0.1, 0.15) is 11.6 Å². The van der Waals surface area contributed by atoms with Crippen LogP contribution in [0.25, 0.3) is 0 Å². The highest BCUT2D eigenvalue weighted by Gasteiger charge is 2.28. The van der Waals surface area contributed by atoms with Crippen molar-refractivity contribution in [3.05, 3.63) is 47.4 Å². The number of hydrogen-bond donors (Lipinski definition) is 1. The molecule has 5 nitrogen and oxygen atoms in total. The van der Waals surface area contributed by atoms with Crippen LogP contribution in [-0.4, -0.2) is 23.6 Å². The molecular weight excluding hydrogens is 252 g/mol. The Morgan fingerprint density at radius 1 is 1.35 bits per heavy atom. The van der Waals surface area contributed by atoms with Gasteiger partial charge in [0.2, 0.25) is 0 Å². The Bertz CT molecular complexity index is 629. The molecule has 1 aliphatic heterocycles. The summed E-state index contributed by atoms with van der Waals surface area (Å²) in [5.41, 5.74) is 9.07. The smallest absolute Gasteiger partial charge is 0.157 e. The van der Waals surface area contributed by atoms with Crippen molar-refractivity contribution in [3.63, 3.8) is 0 Å². The van der Waals surface area contributed by atoms with Gasteiger partial charge in [-0.3, -0.25) is 0 Å². The van der Waals surface area contributed by atoms with Gasteiger partial charge in [-0.25, -0.2) is 9.97 Å². The molecule has 104 valence electrons. The Kier molecular flexibility index (Phi) is 3.28. The van der Waals surface area contributed by atoms with Crippen LogP contribution in [0, 0.1) is 6.92 Å². The van der Waals surface area contributed by atoms with E-state index in [9.17, 15) is 0 Å². The maximum absolute atomic E-state index is 5.91. The van der Waals surface area contributed by atoms with Gasteiger partial charge in [-0.15, -0.1) is 0 Å². The number of fused-ring (bicyclic) bond motifs is 1. The van der Waals surface area contributed by atoms with E-state index in [0.717, 1.165) is 35.9 Å². The Hall–Kier alpha value is -2.14. The number of hydrogen-bond acceptors (Lipinski definition) is 5. The standard InChI is InChI=1S/C15H18N4O/c1-10-17-7-5-14(18-10)19-8-6-11-3-4-12(16)9-13(11)15(19)20-2/h3-5,7,9,15H,6,8,16H2,1-2H3. The van der Waals surface area contributed by atoms with Crippen LogP contribution in [0.15, 0.2) is 30.5 Å². The van der Waals surface area contributed by atoms with Crippen LogP contribution in [0.3, 0.4) is 0 Å². The molecule has 0 aliphatic carbocycles. The third-order valence-electron chi connectivity index (χ3n) is 3.62. The lowest BCUT2D eigenvalue weighted by molar-refractivity contribution is 0.0937. The summed E-state index contributed by atoms with van der Waals surface area (Å²) in [7, 11) is 1.71. The molecule has 0 bridgehead atoms. The lowest BCUT2D eigenvalue weighted by Crippen LogP contribution is -2.37. The van der Waals surface area contributed by atoms with Gasteiger partial charge in [-0.1, -0.05) is 6.07 Å². The van der Waals surface area contributed by atoms with E-state index >= 15 is 0 Å². The molecule has 1 atom stereocenters. The summed E-state index contributed by atoms with van der Waals surface area (Å²) in [4.78, 5) is 10.8. The molecule has 3 rings (SSSR count). The molecule has 5 heteroatoms. The van der Waals surface area contributed by atoms with E-state index in [-0.39, 0.29) is 6.23 Å². The van der Waals surface area contributed by atoms with Crippen molar-refractivity contribution in [2.45, 2.75) is 19.6 Å². The minimum Gasteiger partial charge on any atom is -0.399 e. The number of benzene rings is 1. The van der Waals surface area contributed by atoms with Crippen molar-refractivity contribution >= 4 is 11.5 Å². The Labute approximate surface area is 118 Å². The summed E-state index contributed by atoms with van der Waals surface area (Å²) >= 11 is 0. The van der Waals surface area contributed by atoms with E-state index in [0.29, 0.717) is 0 Å². The zero-order valence-corrected chi connectivity index (χ0v) is 11.7. The second-order valence-corrected chi connectivity index (χ2v) is 4.95. The van der Waals surface area contributed by atoms with E-state index in [4.69, 9.17) is 10.5 Å². The largest absolute Gasteiger partial charge is 0.399 e. The van der Waals surface area contributed by atoms with E-state index in [2.05, 4.69) is 20.9 Å². The summed E-state index contributed by atoms with van der Waals surface area (Å²) < 4.78 is 5.69. The molecule has 0 saturated heterocycles. The van der Waals surface area contributed by atoms with E-state index in [1.54, 1.807) is 13.3 Å². The average Bonchev–Trinajstić information content (AvgIpc) is 2.45. The van der Waals surface area contributed by atoms with Crippen molar-refractivity contribution < 1.29 is 4.74 Å².